The minimum Gasteiger partial charge on any atom is -0.389 e. The van der Waals surface area contributed by atoms with Gasteiger partial charge in [-0.05, 0) is 12.5 Å². The summed E-state index contributed by atoms with van der Waals surface area (Å²) < 4.78 is 0. The standard InChI is InChI=1S/C14H16N2O3/c1-9-2-4-10(5-3-9)13-6-12(15-19-13)14(18)16-7-11(17)8-16/h2-5,11,13,17H,6-8H2,1H3. The molecule has 5 heteroatoms. The fraction of sp³-hybridized carbons (Fsp3) is 0.429. The maximum atomic E-state index is 12.0. The Morgan fingerprint density at radius 2 is 2.05 bits per heavy atom. The van der Waals surface area contributed by atoms with Crippen LogP contribution >= 0.6 is 0 Å². The number of hydrogen-bond acceptors (Lipinski definition) is 4. The molecule has 100 valence electrons. The Labute approximate surface area is 111 Å². The number of β-amino-alcohol motifs (C(OH)–C–C–N with tert-alkyl or cyclic N) is 1. The average molecular weight is 260 g/mol. The fourth-order valence-electron chi connectivity index (χ4n) is 2.27. The van der Waals surface area contributed by atoms with Crippen molar-refractivity contribution in [2.75, 3.05) is 13.1 Å². The third-order valence-electron chi connectivity index (χ3n) is 3.51. The van der Waals surface area contributed by atoms with E-state index in [0.29, 0.717) is 25.2 Å². The van der Waals surface area contributed by atoms with Crippen LogP contribution < -0.4 is 0 Å². The molecule has 0 saturated carbocycles. The lowest BCUT2D eigenvalue weighted by Gasteiger charge is -2.35. The van der Waals surface area contributed by atoms with Crippen molar-refractivity contribution in [2.45, 2.75) is 25.6 Å². The summed E-state index contributed by atoms with van der Waals surface area (Å²) in [5, 5.41) is 13.1. The summed E-state index contributed by atoms with van der Waals surface area (Å²) >= 11 is 0. The molecule has 1 atom stereocenters. The van der Waals surface area contributed by atoms with Gasteiger partial charge in [0.15, 0.2) is 6.10 Å². The van der Waals surface area contributed by atoms with Gasteiger partial charge in [-0.2, -0.15) is 0 Å². The fourth-order valence-corrected chi connectivity index (χ4v) is 2.27. The zero-order chi connectivity index (χ0) is 13.4. The number of hydrogen-bond donors (Lipinski definition) is 1. The molecule has 1 aromatic rings. The van der Waals surface area contributed by atoms with E-state index < -0.39 is 0 Å². The van der Waals surface area contributed by atoms with Crippen LogP contribution in [0.4, 0.5) is 0 Å². The molecule has 5 nitrogen and oxygen atoms in total. The lowest BCUT2D eigenvalue weighted by atomic mass is 10.0. The number of benzene rings is 1. The lowest BCUT2D eigenvalue weighted by molar-refractivity contribution is -0.133. The zero-order valence-electron chi connectivity index (χ0n) is 10.7. The normalized spacial score (nSPS) is 22.7. The Hall–Kier alpha value is -1.88. The van der Waals surface area contributed by atoms with Crippen molar-refractivity contribution in [3.8, 4) is 0 Å². The highest BCUT2D eigenvalue weighted by molar-refractivity contribution is 6.39. The predicted octanol–water partition coefficient (Wildman–Crippen LogP) is 1.02. The largest absolute Gasteiger partial charge is 0.389 e. The van der Waals surface area contributed by atoms with Crippen molar-refractivity contribution in [3.63, 3.8) is 0 Å². The molecule has 0 aromatic heterocycles. The van der Waals surface area contributed by atoms with E-state index in [1.165, 1.54) is 5.56 Å². The third-order valence-corrected chi connectivity index (χ3v) is 3.51. The van der Waals surface area contributed by atoms with Crippen molar-refractivity contribution in [1.29, 1.82) is 0 Å². The first-order valence-electron chi connectivity index (χ1n) is 6.40. The summed E-state index contributed by atoms with van der Waals surface area (Å²) in [7, 11) is 0. The molecule has 2 aliphatic heterocycles. The molecule has 1 unspecified atom stereocenters. The molecular formula is C14H16N2O3. The smallest absolute Gasteiger partial charge is 0.271 e. The summed E-state index contributed by atoms with van der Waals surface area (Å²) in [6.07, 6.45) is -0.0698. The van der Waals surface area contributed by atoms with Crippen molar-refractivity contribution in [1.82, 2.24) is 4.90 Å². The highest BCUT2D eigenvalue weighted by Gasteiger charge is 2.35. The molecule has 1 saturated heterocycles. The SMILES string of the molecule is Cc1ccc(C2CC(C(=O)N3CC(O)C3)=NO2)cc1. The third kappa shape index (κ3) is 2.33. The van der Waals surface area contributed by atoms with E-state index in [2.05, 4.69) is 5.16 Å². The molecule has 1 aromatic carbocycles. The number of aliphatic hydroxyl groups excluding tert-OH is 1. The second kappa shape index (κ2) is 4.66. The van der Waals surface area contributed by atoms with Crippen LogP contribution in [0.15, 0.2) is 29.4 Å². The Bertz CT molecular complexity index is 518. The van der Waals surface area contributed by atoms with Gasteiger partial charge < -0.3 is 14.8 Å². The minimum atomic E-state index is -0.389. The number of carbonyl (C=O) groups excluding carboxylic acids is 1. The summed E-state index contributed by atoms with van der Waals surface area (Å²) in [6.45, 7) is 2.82. The van der Waals surface area contributed by atoms with Crippen LogP contribution in [0.3, 0.4) is 0 Å². The van der Waals surface area contributed by atoms with Gasteiger partial charge in [0.25, 0.3) is 5.91 Å². The molecule has 2 heterocycles. The van der Waals surface area contributed by atoms with E-state index in [0.717, 1.165) is 5.56 Å². The van der Waals surface area contributed by atoms with E-state index in [1.54, 1.807) is 4.90 Å². The number of carbonyl (C=O) groups is 1. The number of rotatable bonds is 2. The predicted molar refractivity (Wildman–Crippen MR) is 69.6 cm³/mol. The molecule has 19 heavy (non-hydrogen) atoms. The van der Waals surface area contributed by atoms with E-state index in [-0.39, 0.29) is 18.1 Å². The van der Waals surface area contributed by atoms with Crippen LogP contribution in [-0.4, -0.2) is 40.8 Å². The number of amides is 1. The van der Waals surface area contributed by atoms with E-state index in [9.17, 15) is 9.90 Å². The van der Waals surface area contributed by atoms with Gasteiger partial charge in [-0.3, -0.25) is 4.79 Å². The summed E-state index contributed by atoms with van der Waals surface area (Å²) in [6, 6.07) is 8.03. The van der Waals surface area contributed by atoms with Crippen LogP contribution in [0.2, 0.25) is 0 Å². The summed E-state index contributed by atoms with van der Waals surface area (Å²) in [5.74, 6) is -0.125. The first-order valence-corrected chi connectivity index (χ1v) is 6.40. The Balaban J connectivity index is 1.63. The summed E-state index contributed by atoms with van der Waals surface area (Å²) in [5.41, 5.74) is 2.66. The zero-order valence-corrected chi connectivity index (χ0v) is 10.7. The first kappa shape index (κ1) is 12.2. The lowest BCUT2D eigenvalue weighted by Crippen LogP contribution is -2.55. The first-order chi connectivity index (χ1) is 9.13. The van der Waals surface area contributed by atoms with Crippen molar-refractivity contribution in [2.24, 2.45) is 5.16 Å². The Morgan fingerprint density at radius 3 is 2.68 bits per heavy atom. The van der Waals surface area contributed by atoms with Crippen LogP contribution in [0, 0.1) is 6.92 Å². The number of likely N-dealkylation sites (tertiary alicyclic amines) is 1. The molecule has 0 spiro atoms. The van der Waals surface area contributed by atoms with Gasteiger partial charge >= 0.3 is 0 Å². The van der Waals surface area contributed by atoms with Crippen molar-refractivity contribution < 1.29 is 14.7 Å². The average Bonchev–Trinajstić information content (AvgIpc) is 2.85. The highest BCUT2D eigenvalue weighted by atomic mass is 16.6. The van der Waals surface area contributed by atoms with Gasteiger partial charge in [-0.1, -0.05) is 35.0 Å². The van der Waals surface area contributed by atoms with Gasteiger partial charge in [0.05, 0.1) is 6.10 Å². The second-order valence-corrected chi connectivity index (χ2v) is 5.11. The van der Waals surface area contributed by atoms with E-state index >= 15 is 0 Å². The summed E-state index contributed by atoms with van der Waals surface area (Å²) in [4.78, 5) is 18.9. The monoisotopic (exact) mass is 260 g/mol. The molecule has 1 amide bonds. The molecule has 3 rings (SSSR count). The van der Waals surface area contributed by atoms with Crippen LogP contribution in [0.5, 0.6) is 0 Å². The van der Waals surface area contributed by atoms with Crippen LogP contribution in [0.25, 0.3) is 0 Å². The molecular weight excluding hydrogens is 244 g/mol. The maximum Gasteiger partial charge on any atom is 0.271 e. The second-order valence-electron chi connectivity index (χ2n) is 5.11. The topological polar surface area (TPSA) is 62.1 Å². The molecule has 1 N–H and O–H groups in total. The Kier molecular flexibility index (Phi) is 2.98. The number of oxime groups is 1. The number of aryl methyl sites for hydroxylation is 1. The van der Waals surface area contributed by atoms with Crippen LogP contribution in [0.1, 0.15) is 23.7 Å². The quantitative estimate of drug-likeness (QED) is 0.863. The van der Waals surface area contributed by atoms with Crippen LogP contribution in [-0.2, 0) is 9.63 Å². The van der Waals surface area contributed by atoms with Crippen molar-refractivity contribution in [3.05, 3.63) is 35.4 Å². The minimum absolute atomic E-state index is 0.125. The molecule has 1 fully saturated rings. The molecule has 2 aliphatic rings. The number of nitrogens with zero attached hydrogens (tertiary/aromatic N) is 2. The van der Waals surface area contributed by atoms with Crippen molar-refractivity contribution >= 4 is 11.6 Å². The Morgan fingerprint density at radius 1 is 1.37 bits per heavy atom. The number of aliphatic hydroxyl groups is 1. The van der Waals surface area contributed by atoms with Gasteiger partial charge in [0, 0.05) is 19.5 Å². The van der Waals surface area contributed by atoms with E-state index in [4.69, 9.17) is 4.84 Å². The van der Waals surface area contributed by atoms with E-state index in [1.807, 2.05) is 31.2 Å². The van der Waals surface area contributed by atoms with Gasteiger partial charge in [0.2, 0.25) is 0 Å². The molecule has 0 radical (unpaired) electrons. The molecule has 0 aliphatic carbocycles. The molecule has 0 bridgehead atoms. The van der Waals surface area contributed by atoms with Gasteiger partial charge in [0.1, 0.15) is 5.71 Å². The van der Waals surface area contributed by atoms with Gasteiger partial charge in [-0.15, -0.1) is 0 Å². The van der Waals surface area contributed by atoms with Gasteiger partial charge in [-0.25, -0.2) is 0 Å². The highest BCUT2D eigenvalue weighted by Crippen LogP contribution is 2.28. The maximum absolute atomic E-state index is 12.0.